The number of hydrogen-bond donors (Lipinski definition) is 1. The summed E-state index contributed by atoms with van der Waals surface area (Å²) in [6.07, 6.45) is 1.35. The summed E-state index contributed by atoms with van der Waals surface area (Å²) < 4.78 is 42.7. The number of nitrogen functional groups attached to an aromatic ring is 1. The molecular weight excluding hydrogens is 369 g/mol. The molecule has 0 aliphatic heterocycles. The zero-order valence-corrected chi connectivity index (χ0v) is 13.7. The third kappa shape index (κ3) is 2.76. The van der Waals surface area contributed by atoms with Crippen molar-refractivity contribution < 1.29 is 22.7 Å². The lowest BCUT2D eigenvalue weighted by molar-refractivity contribution is -0.593. The molecular formula is C18H10ClF3N2O2. The molecule has 0 aliphatic carbocycles. The number of pyridine rings is 1. The summed E-state index contributed by atoms with van der Waals surface area (Å²) in [6.45, 7) is 0. The van der Waals surface area contributed by atoms with Crippen LogP contribution >= 0.6 is 11.6 Å². The fraction of sp³-hybridized carbons (Fsp3) is 0. The van der Waals surface area contributed by atoms with Gasteiger partial charge in [0.2, 0.25) is 0 Å². The Labute approximate surface area is 150 Å². The van der Waals surface area contributed by atoms with Gasteiger partial charge < -0.3 is 10.9 Å². The van der Waals surface area contributed by atoms with Gasteiger partial charge in [-0.1, -0.05) is 17.7 Å². The van der Waals surface area contributed by atoms with Crippen molar-refractivity contribution in [3.8, 4) is 22.4 Å². The number of hydrogen-bond acceptors (Lipinski definition) is 3. The minimum absolute atomic E-state index is 0.0000537. The Morgan fingerprint density at radius 1 is 1.00 bits per heavy atom. The number of anilines is 1. The van der Waals surface area contributed by atoms with Crippen LogP contribution in [0.2, 0.25) is 5.02 Å². The van der Waals surface area contributed by atoms with E-state index in [1.807, 2.05) is 0 Å². The fourth-order valence-electron chi connectivity index (χ4n) is 2.65. The SMILES string of the molecule is Nc1c(-c2c(F)ccc(C=O)c2Cl)cc[n+]([O-])c1-c1c(F)cccc1F. The molecule has 0 atom stereocenters. The zero-order chi connectivity index (χ0) is 19.0. The molecule has 2 N–H and O–H groups in total. The van der Waals surface area contributed by atoms with Crippen LogP contribution in [-0.4, -0.2) is 6.29 Å². The molecule has 3 aromatic rings. The molecule has 3 rings (SSSR count). The number of halogens is 4. The Kier molecular flexibility index (Phi) is 4.56. The quantitative estimate of drug-likeness (QED) is 0.423. The van der Waals surface area contributed by atoms with Crippen LogP contribution in [0.5, 0.6) is 0 Å². The average Bonchev–Trinajstić information content (AvgIpc) is 2.59. The van der Waals surface area contributed by atoms with E-state index in [0.29, 0.717) is 6.29 Å². The van der Waals surface area contributed by atoms with Crippen LogP contribution in [0.1, 0.15) is 10.4 Å². The van der Waals surface area contributed by atoms with E-state index < -0.39 is 28.7 Å². The Morgan fingerprint density at radius 2 is 1.62 bits per heavy atom. The minimum atomic E-state index is -1.01. The lowest BCUT2D eigenvalue weighted by Gasteiger charge is -2.14. The summed E-state index contributed by atoms with van der Waals surface area (Å²) in [7, 11) is 0. The smallest absolute Gasteiger partial charge is 0.253 e. The third-order valence-electron chi connectivity index (χ3n) is 3.86. The van der Waals surface area contributed by atoms with Crippen LogP contribution < -0.4 is 10.5 Å². The molecule has 132 valence electrons. The molecule has 0 aliphatic rings. The van der Waals surface area contributed by atoms with Gasteiger partial charge in [-0.2, -0.15) is 4.73 Å². The molecule has 1 aromatic heterocycles. The van der Waals surface area contributed by atoms with E-state index in [2.05, 4.69) is 0 Å². The standard InChI is InChI=1S/C18H10ClF3N2O2/c19-16-9(8-25)4-5-13(22)14(16)10-6-7-24(26)18(17(10)23)15-11(20)2-1-3-12(15)21/h1-8H,23H2. The molecule has 0 saturated heterocycles. The predicted octanol–water partition coefficient (Wildman–Crippen LogP) is 4.12. The van der Waals surface area contributed by atoms with Gasteiger partial charge in [0.15, 0.2) is 12.5 Å². The molecule has 0 spiro atoms. The van der Waals surface area contributed by atoms with Crippen LogP contribution in [0.25, 0.3) is 22.4 Å². The van der Waals surface area contributed by atoms with E-state index in [1.54, 1.807) is 0 Å². The number of benzene rings is 2. The van der Waals surface area contributed by atoms with Gasteiger partial charge in [0.1, 0.15) is 28.7 Å². The number of nitrogens with zero attached hydrogens (tertiary/aromatic N) is 1. The van der Waals surface area contributed by atoms with Gasteiger partial charge in [0.25, 0.3) is 5.69 Å². The normalized spacial score (nSPS) is 10.8. The Bertz CT molecular complexity index is 1020. The summed E-state index contributed by atoms with van der Waals surface area (Å²) in [6, 6.07) is 6.40. The summed E-state index contributed by atoms with van der Waals surface area (Å²) in [4.78, 5) is 11.0. The van der Waals surface area contributed by atoms with E-state index in [9.17, 15) is 23.2 Å². The Morgan fingerprint density at radius 3 is 2.23 bits per heavy atom. The second-order valence-electron chi connectivity index (χ2n) is 5.36. The van der Waals surface area contributed by atoms with E-state index in [0.717, 1.165) is 36.5 Å². The summed E-state index contributed by atoms with van der Waals surface area (Å²) >= 11 is 6.06. The second-order valence-corrected chi connectivity index (χ2v) is 5.74. The molecule has 0 amide bonds. The lowest BCUT2D eigenvalue weighted by Crippen LogP contribution is -2.30. The summed E-state index contributed by atoms with van der Waals surface area (Å²) in [5.74, 6) is -2.82. The Balaban J connectivity index is 2.37. The third-order valence-corrected chi connectivity index (χ3v) is 4.27. The molecule has 0 saturated carbocycles. The first-order valence-corrected chi connectivity index (χ1v) is 7.64. The number of aldehydes is 1. The van der Waals surface area contributed by atoms with Crippen LogP contribution in [0, 0.1) is 22.7 Å². The average molecular weight is 379 g/mol. The van der Waals surface area contributed by atoms with Crippen molar-refractivity contribution in [1.29, 1.82) is 0 Å². The topological polar surface area (TPSA) is 70.0 Å². The number of nitrogens with two attached hydrogens (primary N) is 1. The molecule has 8 heteroatoms. The number of carbonyl (C=O) groups excluding carboxylic acids is 1. The van der Waals surface area contributed by atoms with Crippen LogP contribution in [0.4, 0.5) is 18.9 Å². The fourth-order valence-corrected chi connectivity index (χ4v) is 2.95. The lowest BCUT2D eigenvalue weighted by atomic mass is 9.98. The maximum Gasteiger partial charge on any atom is 0.253 e. The first-order chi connectivity index (χ1) is 12.4. The zero-order valence-electron chi connectivity index (χ0n) is 13.0. The van der Waals surface area contributed by atoms with E-state index in [1.165, 1.54) is 6.07 Å². The van der Waals surface area contributed by atoms with Gasteiger partial charge >= 0.3 is 0 Å². The van der Waals surface area contributed by atoms with Crippen molar-refractivity contribution in [3.63, 3.8) is 0 Å². The molecule has 0 unspecified atom stereocenters. The summed E-state index contributed by atoms with van der Waals surface area (Å²) in [5, 5.41) is 11.9. The predicted molar refractivity (Wildman–Crippen MR) is 91.0 cm³/mol. The van der Waals surface area contributed by atoms with Gasteiger partial charge in [-0.25, -0.2) is 13.2 Å². The number of rotatable bonds is 3. The van der Waals surface area contributed by atoms with Crippen molar-refractivity contribution >= 4 is 23.6 Å². The summed E-state index contributed by atoms with van der Waals surface area (Å²) in [5.41, 5.74) is 4.09. The molecule has 4 nitrogen and oxygen atoms in total. The largest absolute Gasteiger partial charge is 0.618 e. The second kappa shape index (κ2) is 6.68. The molecule has 0 radical (unpaired) electrons. The van der Waals surface area contributed by atoms with Crippen LogP contribution in [0.15, 0.2) is 42.6 Å². The highest BCUT2D eigenvalue weighted by molar-refractivity contribution is 6.36. The highest BCUT2D eigenvalue weighted by Crippen LogP contribution is 2.39. The monoisotopic (exact) mass is 378 g/mol. The van der Waals surface area contributed by atoms with Gasteiger partial charge in [0.05, 0.1) is 5.02 Å². The van der Waals surface area contributed by atoms with Gasteiger partial charge in [-0.3, -0.25) is 4.79 Å². The highest BCUT2D eigenvalue weighted by atomic mass is 35.5. The van der Waals surface area contributed by atoms with E-state index >= 15 is 0 Å². The van der Waals surface area contributed by atoms with Crippen molar-refractivity contribution in [1.82, 2.24) is 0 Å². The van der Waals surface area contributed by atoms with E-state index in [-0.39, 0.29) is 32.1 Å². The molecule has 0 bridgehead atoms. The molecule has 26 heavy (non-hydrogen) atoms. The van der Waals surface area contributed by atoms with Gasteiger partial charge in [0, 0.05) is 22.8 Å². The van der Waals surface area contributed by atoms with Gasteiger partial charge in [-0.05, 0) is 24.3 Å². The highest BCUT2D eigenvalue weighted by Gasteiger charge is 2.27. The molecule has 0 fully saturated rings. The van der Waals surface area contributed by atoms with E-state index in [4.69, 9.17) is 17.3 Å². The van der Waals surface area contributed by atoms with Crippen molar-refractivity contribution in [2.75, 3.05) is 5.73 Å². The molecule has 2 aromatic carbocycles. The van der Waals surface area contributed by atoms with Crippen LogP contribution in [0.3, 0.4) is 0 Å². The van der Waals surface area contributed by atoms with Gasteiger partial charge in [-0.15, -0.1) is 0 Å². The number of carbonyl (C=O) groups is 1. The van der Waals surface area contributed by atoms with Crippen molar-refractivity contribution in [2.24, 2.45) is 0 Å². The van der Waals surface area contributed by atoms with Crippen molar-refractivity contribution in [2.45, 2.75) is 0 Å². The maximum absolute atomic E-state index is 14.3. The maximum atomic E-state index is 14.3. The van der Waals surface area contributed by atoms with Crippen molar-refractivity contribution in [3.05, 3.63) is 75.8 Å². The number of aromatic nitrogens is 1. The minimum Gasteiger partial charge on any atom is -0.618 e. The molecule has 1 heterocycles. The first kappa shape index (κ1) is 17.8. The first-order valence-electron chi connectivity index (χ1n) is 7.26. The Hall–Kier alpha value is -3.06. The van der Waals surface area contributed by atoms with Crippen LogP contribution in [-0.2, 0) is 0 Å².